The molecule has 0 spiro atoms. The summed E-state index contributed by atoms with van der Waals surface area (Å²) in [5.41, 5.74) is 3.66. The lowest BCUT2D eigenvalue weighted by Gasteiger charge is -2.39. The lowest BCUT2D eigenvalue weighted by Crippen LogP contribution is -2.41. The van der Waals surface area contributed by atoms with E-state index in [0.717, 1.165) is 37.1 Å². The zero-order valence-electron chi connectivity index (χ0n) is 28.9. The standard InChI is InChI=1S/C38H44N4O6S4/c43-36(28-16-22-41(23-17-28)51(45,46)34-6-4-26-49-34)39-32-12-8-30(9-13-32)38(20-2-1-3-21-38)31-10-14-33(15-11-31)40-37(44)29-18-24-42(25-19-29)52(47,48)35-7-5-27-50-35/h4-15,26-29H,1-3,16-25H2,(H,39,43)(H,40,44). The first-order chi connectivity index (χ1) is 25.1. The molecule has 2 aliphatic heterocycles. The monoisotopic (exact) mass is 780 g/mol. The van der Waals surface area contributed by atoms with E-state index in [9.17, 15) is 26.4 Å². The number of anilines is 2. The maximum absolute atomic E-state index is 13.2. The topological polar surface area (TPSA) is 133 Å². The average Bonchev–Trinajstić information content (AvgIpc) is 3.93. The van der Waals surface area contributed by atoms with Gasteiger partial charge in [0.25, 0.3) is 20.0 Å². The van der Waals surface area contributed by atoms with Crippen LogP contribution in [0.25, 0.3) is 0 Å². The third-order valence-corrected chi connectivity index (χ3v) is 17.5. The fraction of sp³-hybridized carbons (Fsp3) is 0.421. The van der Waals surface area contributed by atoms with E-state index in [1.807, 2.05) is 24.3 Å². The minimum atomic E-state index is -3.51. The highest BCUT2D eigenvalue weighted by atomic mass is 32.3. The normalized spacial score (nSPS) is 19.6. The van der Waals surface area contributed by atoms with Crippen LogP contribution in [0.2, 0.25) is 0 Å². The Kier molecular flexibility index (Phi) is 11.0. The van der Waals surface area contributed by atoms with Crippen LogP contribution in [0.5, 0.6) is 0 Å². The molecule has 7 rings (SSSR count). The van der Waals surface area contributed by atoms with Crippen LogP contribution in [0.15, 0.2) is 92.0 Å². The van der Waals surface area contributed by atoms with E-state index >= 15 is 0 Å². The fourth-order valence-electron chi connectivity index (χ4n) is 7.92. The molecular formula is C38H44N4O6S4. The Morgan fingerprint density at radius 1 is 0.577 bits per heavy atom. The second-order valence-corrected chi connectivity index (χ2v) is 20.2. The zero-order chi connectivity index (χ0) is 36.3. The second-order valence-electron chi connectivity index (χ2n) is 14.0. The SMILES string of the molecule is O=C(Nc1ccc(C2(c3ccc(NC(=O)C4CCN(S(=O)(=O)c5cccs5)CC4)cc3)CCCCC2)cc1)C1CCN(S(=O)(=O)c2cccs2)CC1. The molecule has 2 N–H and O–H groups in total. The molecule has 1 aliphatic carbocycles. The van der Waals surface area contributed by atoms with Crippen molar-refractivity contribution in [2.75, 3.05) is 36.8 Å². The number of amides is 2. The van der Waals surface area contributed by atoms with Crippen LogP contribution in [-0.4, -0.2) is 63.4 Å². The largest absolute Gasteiger partial charge is 0.326 e. The Bertz CT molecular complexity index is 1900. The summed E-state index contributed by atoms with van der Waals surface area (Å²) in [5.74, 6) is -0.670. The summed E-state index contributed by atoms with van der Waals surface area (Å²) in [6.07, 6.45) is 7.33. The van der Waals surface area contributed by atoms with Crippen molar-refractivity contribution in [3.63, 3.8) is 0 Å². The molecule has 3 aliphatic rings. The van der Waals surface area contributed by atoms with E-state index in [-0.39, 0.29) is 29.1 Å². The molecule has 276 valence electrons. The quantitative estimate of drug-likeness (QED) is 0.176. The van der Waals surface area contributed by atoms with E-state index in [2.05, 4.69) is 34.9 Å². The molecule has 52 heavy (non-hydrogen) atoms. The Morgan fingerprint density at radius 3 is 1.31 bits per heavy atom. The number of nitrogens with one attached hydrogen (secondary N) is 2. The van der Waals surface area contributed by atoms with Crippen molar-refractivity contribution in [3.8, 4) is 0 Å². The Hall–Kier alpha value is -3.40. The van der Waals surface area contributed by atoms with Gasteiger partial charge in [0.1, 0.15) is 8.42 Å². The smallest absolute Gasteiger partial charge is 0.252 e. The molecule has 2 amide bonds. The minimum Gasteiger partial charge on any atom is -0.326 e. The van der Waals surface area contributed by atoms with E-state index in [4.69, 9.17) is 0 Å². The number of piperidine rings is 2. The summed E-state index contributed by atoms with van der Waals surface area (Å²) < 4.78 is 55.2. The van der Waals surface area contributed by atoms with Gasteiger partial charge in [-0.3, -0.25) is 9.59 Å². The third-order valence-electron chi connectivity index (χ3n) is 10.9. The van der Waals surface area contributed by atoms with Crippen LogP contribution in [0.4, 0.5) is 11.4 Å². The first-order valence-corrected chi connectivity index (χ1v) is 22.6. The molecule has 10 nitrogen and oxygen atoms in total. The van der Waals surface area contributed by atoms with Crippen molar-refractivity contribution in [2.45, 2.75) is 71.6 Å². The summed E-state index contributed by atoms with van der Waals surface area (Å²) in [5, 5.41) is 9.65. The van der Waals surface area contributed by atoms with Crippen molar-refractivity contribution in [1.82, 2.24) is 8.61 Å². The predicted molar refractivity (Wildman–Crippen MR) is 206 cm³/mol. The van der Waals surface area contributed by atoms with Crippen molar-refractivity contribution in [3.05, 3.63) is 94.7 Å². The predicted octanol–water partition coefficient (Wildman–Crippen LogP) is 7.14. The second kappa shape index (κ2) is 15.5. The van der Waals surface area contributed by atoms with Gasteiger partial charge in [0.05, 0.1) is 0 Å². The maximum Gasteiger partial charge on any atom is 0.252 e. The Balaban J connectivity index is 0.954. The Labute approximate surface area is 314 Å². The Morgan fingerprint density at radius 2 is 0.962 bits per heavy atom. The summed E-state index contributed by atoms with van der Waals surface area (Å²) in [7, 11) is -7.02. The van der Waals surface area contributed by atoms with Gasteiger partial charge in [-0.15, -0.1) is 22.7 Å². The van der Waals surface area contributed by atoms with Gasteiger partial charge < -0.3 is 10.6 Å². The maximum atomic E-state index is 13.2. The lowest BCUT2D eigenvalue weighted by molar-refractivity contribution is -0.121. The number of thiophene rings is 2. The minimum absolute atomic E-state index is 0.0834. The van der Waals surface area contributed by atoms with Crippen LogP contribution >= 0.6 is 22.7 Å². The van der Waals surface area contributed by atoms with E-state index in [1.54, 1.807) is 35.0 Å². The van der Waals surface area contributed by atoms with Crippen molar-refractivity contribution in [2.24, 2.45) is 11.8 Å². The number of nitrogens with zero attached hydrogens (tertiary/aromatic N) is 2. The first kappa shape index (κ1) is 36.9. The molecule has 1 saturated carbocycles. The van der Waals surface area contributed by atoms with Crippen molar-refractivity contribution in [1.29, 1.82) is 0 Å². The molecular weight excluding hydrogens is 737 g/mol. The summed E-state index contributed by atoms with van der Waals surface area (Å²) in [6, 6.07) is 23.0. The zero-order valence-corrected chi connectivity index (χ0v) is 32.2. The molecule has 4 heterocycles. The molecule has 0 atom stereocenters. The van der Waals surface area contributed by atoms with Gasteiger partial charge >= 0.3 is 0 Å². The van der Waals surface area contributed by atoms with Crippen molar-refractivity contribution >= 4 is 65.9 Å². The number of rotatable bonds is 10. The molecule has 0 unspecified atom stereocenters. The molecule has 2 saturated heterocycles. The molecule has 0 radical (unpaired) electrons. The summed E-state index contributed by atoms with van der Waals surface area (Å²) in [6.45, 7) is 1.29. The third kappa shape index (κ3) is 7.64. The van der Waals surface area contributed by atoms with Gasteiger partial charge in [0.15, 0.2) is 0 Å². The highest BCUT2D eigenvalue weighted by molar-refractivity contribution is 7.91. The van der Waals surface area contributed by atoms with Gasteiger partial charge in [-0.1, -0.05) is 55.7 Å². The number of hydrogen-bond acceptors (Lipinski definition) is 8. The number of hydrogen-bond donors (Lipinski definition) is 2. The number of carbonyl (C=O) groups is 2. The van der Waals surface area contributed by atoms with Gasteiger partial charge in [0.2, 0.25) is 11.8 Å². The highest BCUT2D eigenvalue weighted by Crippen LogP contribution is 2.45. The summed E-state index contributed by atoms with van der Waals surface area (Å²) >= 11 is 2.42. The molecule has 2 aromatic heterocycles. The fourth-order valence-corrected chi connectivity index (χ4v) is 13.2. The molecule has 14 heteroatoms. The van der Waals surface area contributed by atoms with Crippen LogP contribution in [0, 0.1) is 11.8 Å². The lowest BCUT2D eigenvalue weighted by atomic mass is 9.65. The van der Waals surface area contributed by atoms with Gasteiger partial charge in [-0.25, -0.2) is 16.8 Å². The van der Waals surface area contributed by atoms with Gasteiger partial charge in [-0.05, 0) is 96.8 Å². The molecule has 3 fully saturated rings. The number of benzene rings is 2. The van der Waals surface area contributed by atoms with E-state index < -0.39 is 20.0 Å². The average molecular weight is 781 g/mol. The molecule has 2 aromatic carbocycles. The van der Waals surface area contributed by atoms with Crippen LogP contribution < -0.4 is 10.6 Å². The summed E-state index contributed by atoms with van der Waals surface area (Å²) in [4.78, 5) is 26.4. The van der Waals surface area contributed by atoms with E-state index in [0.29, 0.717) is 60.3 Å². The van der Waals surface area contributed by atoms with Crippen LogP contribution in [0.1, 0.15) is 68.9 Å². The molecule has 0 bridgehead atoms. The molecule has 4 aromatic rings. The number of sulfonamides is 2. The van der Waals surface area contributed by atoms with Gasteiger partial charge in [-0.2, -0.15) is 8.61 Å². The van der Waals surface area contributed by atoms with Crippen LogP contribution in [0.3, 0.4) is 0 Å². The highest BCUT2D eigenvalue weighted by Gasteiger charge is 2.37. The first-order valence-electron chi connectivity index (χ1n) is 18.0. The van der Waals surface area contributed by atoms with Crippen LogP contribution in [-0.2, 0) is 35.1 Å². The van der Waals surface area contributed by atoms with Crippen molar-refractivity contribution < 1.29 is 26.4 Å². The van der Waals surface area contributed by atoms with Gasteiger partial charge in [0, 0.05) is 54.8 Å². The number of carbonyl (C=O) groups excluding carboxylic acids is 2. The van der Waals surface area contributed by atoms with E-state index in [1.165, 1.54) is 48.8 Å².